The first-order chi connectivity index (χ1) is 11.3. The lowest BCUT2D eigenvalue weighted by molar-refractivity contribution is 0.0664. The summed E-state index contributed by atoms with van der Waals surface area (Å²) in [6, 6.07) is 11.3. The zero-order valence-electron chi connectivity index (χ0n) is 12.4. The lowest BCUT2D eigenvalue weighted by atomic mass is 10.1. The number of furan rings is 1. The second-order valence-corrected chi connectivity index (χ2v) is 7.95. The van der Waals surface area contributed by atoms with Gasteiger partial charge in [0.15, 0.2) is 0 Å². The Kier molecular flexibility index (Phi) is 4.26. The highest BCUT2D eigenvalue weighted by molar-refractivity contribution is 14.1. The van der Waals surface area contributed by atoms with Gasteiger partial charge in [-0.3, -0.25) is 4.72 Å². The fourth-order valence-electron chi connectivity index (χ4n) is 2.32. The summed E-state index contributed by atoms with van der Waals surface area (Å²) in [4.78, 5) is 11.2. The number of fused-ring (bicyclic) bond motifs is 1. The van der Waals surface area contributed by atoms with Crippen molar-refractivity contribution in [1.29, 1.82) is 0 Å². The summed E-state index contributed by atoms with van der Waals surface area (Å²) in [6.07, 6.45) is 0. The first-order valence-corrected chi connectivity index (χ1v) is 9.39. The van der Waals surface area contributed by atoms with E-state index < -0.39 is 16.0 Å². The van der Waals surface area contributed by atoms with Crippen LogP contribution in [-0.2, 0) is 10.0 Å². The van der Waals surface area contributed by atoms with Crippen LogP contribution < -0.4 is 4.72 Å². The number of anilines is 1. The molecule has 24 heavy (non-hydrogen) atoms. The molecule has 2 N–H and O–H groups in total. The molecule has 0 bridgehead atoms. The van der Waals surface area contributed by atoms with Gasteiger partial charge in [0, 0.05) is 14.5 Å². The van der Waals surface area contributed by atoms with E-state index in [1.165, 1.54) is 18.2 Å². The molecule has 0 unspecified atom stereocenters. The number of halogens is 1. The minimum Gasteiger partial charge on any atom is -0.475 e. The number of rotatable bonds is 4. The molecule has 0 aliphatic heterocycles. The van der Waals surface area contributed by atoms with Crippen LogP contribution in [0.25, 0.3) is 11.0 Å². The third-order valence-corrected chi connectivity index (χ3v) is 5.83. The first kappa shape index (κ1) is 16.8. The zero-order valence-corrected chi connectivity index (χ0v) is 15.4. The molecule has 0 amide bonds. The molecule has 3 rings (SSSR count). The number of carboxylic acids is 1. The first-order valence-electron chi connectivity index (χ1n) is 6.83. The largest absolute Gasteiger partial charge is 0.475 e. The number of aryl methyl sites for hydroxylation is 1. The number of hydrogen-bond donors (Lipinski definition) is 2. The van der Waals surface area contributed by atoms with Gasteiger partial charge in [0.1, 0.15) is 5.58 Å². The minimum atomic E-state index is -3.80. The monoisotopic (exact) mass is 457 g/mol. The van der Waals surface area contributed by atoms with Crippen LogP contribution in [0.1, 0.15) is 16.1 Å². The average Bonchev–Trinajstić information content (AvgIpc) is 2.86. The van der Waals surface area contributed by atoms with Gasteiger partial charge in [-0.15, -0.1) is 0 Å². The predicted molar refractivity (Wildman–Crippen MR) is 97.9 cm³/mol. The van der Waals surface area contributed by atoms with E-state index in [9.17, 15) is 13.2 Å². The number of aromatic carboxylic acids is 1. The van der Waals surface area contributed by atoms with E-state index in [0.717, 1.165) is 3.57 Å². The van der Waals surface area contributed by atoms with E-state index in [0.29, 0.717) is 22.2 Å². The molecule has 0 saturated heterocycles. The molecule has 0 aliphatic rings. The fourth-order valence-corrected chi connectivity index (χ4v) is 4.13. The molecule has 0 spiro atoms. The normalized spacial score (nSPS) is 11.6. The van der Waals surface area contributed by atoms with Crippen molar-refractivity contribution < 1.29 is 22.7 Å². The van der Waals surface area contributed by atoms with Crippen LogP contribution >= 0.6 is 22.6 Å². The van der Waals surface area contributed by atoms with Crippen LogP contribution in [0.15, 0.2) is 51.8 Å². The minimum absolute atomic E-state index is 0.0375. The predicted octanol–water partition coefficient (Wildman–Crippen LogP) is 3.84. The van der Waals surface area contributed by atoms with E-state index in [1.54, 1.807) is 25.1 Å². The molecule has 0 fully saturated rings. The number of benzene rings is 2. The number of hydrogen-bond acceptors (Lipinski definition) is 4. The topological polar surface area (TPSA) is 96.6 Å². The smallest absolute Gasteiger partial charge is 0.372 e. The van der Waals surface area contributed by atoms with Crippen molar-refractivity contribution in [2.24, 2.45) is 0 Å². The number of carboxylic acid groups (broad SMARTS) is 1. The summed E-state index contributed by atoms with van der Waals surface area (Å²) in [5.41, 5.74) is 1.20. The van der Waals surface area contributed by atoms with Crippen LogP contribution in [0.3, 0.4) is 0 Å². The Bertz CT molecular complexity index is 1060. The summed E-state index contributed by atoms with van der Waals surface area (Å²) in [5.74, 6) is -1.38. The van der Waals surface area contributed by atoms with Crippen molar-refractivity contribution in [3.05, 3.63) is 57.4 Å². The highest BCUT2D eigenvalue weighted by Crippen LogP contribution is 2.29. The molecule has 124 valence electrons. The Labute approximate surface area is 151 Å². The Balaban J connectivity index is 2.07. The summed E-state index contributed by atoms with van der Waals surface area (Å²) in [6.45, 7) is 1.58. The molecule has 0 radical (unpaired) electrons. The molecule has 0 aliphatic carbocycles. The number of para-hydroxylation sites is 1. The maximum atomic E-state index is 12.6. The van der Waals surface area contributed by atoms with Crippen LogP contribution in [0.5, 0.6) is 0 Å². The van der Waals surface area contributed by atoms with E-state index in [2.05, 4.69) is 4.72 Å². The van der Waals surface area contributed by atoms with Gasteiger partial charge in [-0.1, -0.05) is 12.1 Å². The molecule has 8 heteroatoms. The molecular formula is C16H12INO5S. The summed E-state index contributed by atoms with van der Waals surface area (Å²) < 4.78 is 33.7. The van der Waals surface area contributed by atoms with Gasteiger partial charge in [0.25, 0.3) is 10.0 Å². The van der Waals surface area contributed by atoms with Gasteiger partial charge in [-0.05, 0) is 59.8 Å². The van der Waals surface area contributed by atoms with Crippen molar-refractivity contribution >= 4 is 55.2 Å². The second-order valence-electron chi connectivity index (χ2n) is 5.10. The van der Waals surface area contributed by atoms with Gasteiger partial charge < -0.3 is 9.52 Å². The molecule has 6 nitrogen and oxygen atoms in total. The van der Waals surface area contributed by atoms with Gasteiger partial charge in [-0.2, -0.15) is 0 Å². The van der Waals surface area contributed by atoms with Gasteiger partial charge >= 0.3 is 5.97 Å². The molecule has 1 aromatic heterocycles. The number of sulfonamides is 1. The van der Waals surface area contributed by atoms with E-state index in [-0.39, 0.29) is 10.7 Å². The van der Waals surface area contributed by atoms with Crippen LogP contribution in [0.2, 0.25) is 0 Å². The molecule has 2 aromatic carbocycles. The quantitative estimate of drug-likeness (QED) is 0.581. The molecule has 3 aromatic rings. The molecule has 0 atom stereocenters. The molecular weight excluding hydrogens is 445 g/mol. The van der Waals surface area contributed by atoms with E-state index in [4.69, 9.17) is 9.52 Å². The highest BCUT2D eigenvalue weighted by Gasteiger charge is 2.21. The van der Waals surface area contributed by atoms with Crippen molar-refractivity contribution in [1.82, 2.24) is 0 Å². The summed E-state index contributed by atoms with van der Waals surface area (Å²) in [7, 11) is -3.80. The summed E-state index contributed by atoms with van der Waals surface area (Å²) >= 11 is 2.04. The fraction of sp³-hybridized carbons (Fsp3) is 0.0625. The lowest BCUT2D eigenvalue weighted by Crippen LogP contribution is -2.13. The van der Waals surface area contributed by atoms with Crippen LogP contribution in [0.4, 0.5) is 5.69 Å². The summed E-state index contributed by atoms with van der Waals surface area (Å²) in [5, 5.41) is 9.55. The maximum absolute atomic E-state index is 12.6. The van der Waals surface area contributed by atoms with E-state index in [1.807, 2.05) is 28.7 Å². The van der Waals surface area contributed by atoms with E-state index >= 15 is 0 Å². The molecule has 1 heterocycles. The van der Waals surface area contributed by atoms with Crippen molar-refractivity contribution in [3.8, 4) is 0 Å². The number of carbonyl (C=O) groups is 1. The SMILES string of the molecule is Cc1c(C(=O)O)oc2ccc(S(=O)(=O)Nc3ccccc3I)cc12. The Morgan fingerprint density at radius 2 is 1.92 bits per heavy atom. The zero-order chi connectivity index (χ0) is 17.5. The van der Waals surface area contributed by atoms with Gasteiger partial charge in [-0.25, -0.2) is 13.2 Å². The second kappa shape index (κ2) is 6.10. The van der Waals surface area contributed by atoms with Crippen molar-refractivity contribution in [2.75, 3.05) is 4.72 Å². The number of nitrogens with one attached hydrogen (secondary N) is 1. The standard InChI is InChI=1S/C16H12INO5S/c1-9-11-8-10(6-7-14(11)23-15(9)16(19)20)24(21,22)18-13-5-3-2-4-12(13)17/h2-8,18H,1H3,(H,19,20). The Morgan fingerprint density at radius 3 is 2.58 bits per heavy atom. The van der Waals surface area contributed by atoms with Crippen LogP contribution in [-0.4, -0.2) is 19.5 Å². The average molecular weight is 457 g/mol. The Hall–Kier alpha value is -2.07. The van der Waals surface area contributed by atoms with Crippen LogP contribution in [0, 0.1) is 10.5 Å². The maximum Gasteiger partial charge on any atom is 0.372 e. The lowest BCUT2D eigenvalue weighted by Gasteiger charge is -2.09. The van der Waals surface area contributed by atoms with Gasteiger partial charge in [0.05, 0.1) is 10.6 Å². The third kappa shape index (κ3) is 2.98. The highest BCUT2D eigenvalue weighted by atomic mass is 127. The molecule has 0 saturated carbocycles. The Morgan fingerprint density at radius 1 is 1.21 bits per heavy atom. The van der Waals surface area contributed by atoms with Crippen molar-refractivity contribution in [2.45, 2.75) is 11.8 Å². The van der Waals surface area contributed by atoms with Crippen molar-refractivity contribution in [3.63, 3.8) is 0 Å². The third-order valence-electron chi connectivity index (χ3n) is 3.53. The van der Waals surface area contributed by atoms with Gasteiger partial charge in [0.2, 0.25) is 5.76 Å².